The fraction of sp³-hybridized carbons (Fsp3) is 0.250. The number of benzene rings is 1. The molecule has 0 saturated heterocycles. The van der Waals surface area contributed by atoms with E-state index in [0.29, 0.717) is 17.6 Å². The predicted molar refractivity (Wildman–Crippen MR) is 61.8 cm³/mol. The summed E-state index contributed by atoms with van der Waals surface area (Å²) in [5.74, 6) is -0.312. The quantitative estimate of drug-likeness (QED) is 0.820. The van der Waals surface area contributed by atoms with Gasteiger partial charge in [-0.3, -0.25) is 4.79 Å². The van der Waals surface area contributed by atoms with Gasteiger partial charge in [0.05, 0.1) is 11.2 Å². The molecule has 1 aromatic heterocycles. The van der Waals surface area contributed by atoms with E-state index in [1.807, 2.05) is 6.92 Å². The smallest absolute Gasteiger partial charge is 0.224 e. The number of carbonyl (C=O) groups excluding carboxylic acids is 1. The van der Waals surface area contributed by atoms with E-state index in [0.717, 1.165) is 11.8 Å². The van der Waals surface area contributed by atoms with Gasteiger partial charge < -0.3 is 10.3 Å². The van der Waals surface area contributed by atoms with E-state index in [4.69, 9.17) is 0 Å². The van der Waals surface area contributed by atoms with Crippen molar-refractivity contribution in [1.82, 2.24) is 4.98 Å². The number of aromatic amines is 1. The molecule has 1 amide bonds. The maximum Gasteiger partial charge on any atom is 0.224 e. The van der Waals surface area contributed by atoms with Crippen molar-refractivity contribution in [2.24, 2.45) is 0 Å². The molecule has 2 rings (SSSR count). The van der Waals surface area contributed by atoms with Gasteiger partial charge in [-0.15, -0.1) is 0 Å². The van der Waals surface area contributed by atoms with Gasteiger partial charge in [-0.2, -0.15) is 0 Å². The molecule has 0 bridgehead atoms. The second kappa shape index (κ2) is 4.35. The van der Waals surface area contributed by atoms with Crippen molar-refractivity contribution in [2.45, 2.75) is 19.8 Å². The second-order valence-electron chi connectivity index (χ2n) is 3.69. The van der Waals surface area contributed by atoms with Crippen molar-refractivity contribution in [3.05, 3.63) is 30.2 Å². The molecule has 2 aromatic rings. The normalized spacial score (nSPS) is 10.6. The molecule has 0 unspecified atom stereocenters. The Morgan fingerprint density at radius 3 is 3.06 bits per heavy atom. The van der Waals surface area contributed by atoms with Crippen LogP contribution in [0.4, 0.5) is 10.1 Å². The van der Waals surface area contributed by atoms with Gasteiger partial charge in [0, 0.05) is 18.0 Å². The minimum absolute atomic E-state index is 0.0206. The fourth-order valence-corrected chi connectivity index (χ4v) is 1.64. The Bertz CT molecular complexity index is 519. The number of amides is 1. The SMILES string of the molecule is CCCC(=O)Nc1c[nH]c2cc(F)ccc12. The largest absolute Gasteiger partial charge is 0.359 e. The number of hydrogen-bond donors (Lipinski definition) is 2. The molecule has 0 radical (unpaired) electrons. The van der Waals surface area contributed by atoms with E-state index in [1.165, 1.54) is 12.1 Å². The molecular formula is C12H13FN2O. The molecule has 3 nitrogen and oxygen atoms in total. The number of H-pyrrole nitrogens is 1. The summed E-state index contributed by atoms with van der Waals surface area (Å²) in [5, 5.41) is 3.62. The average Bonchev–Trinajstić information content (AvgIpc) is 2.61. The van der Waals surface area contributed by atoms with Gasteiger partial charge in [0.15, 0.2) is 0 Å². The molecule has 84 valence electrons. The number of fused-ring (bicyclic) bond motifs is 1. The zero-order valence-electron chi connectivity index (χ0n) is 9.01. The third kappa shape index (κ3) is 2.05. The summed E-state index contributed by atoms with van der Waals surface area (Å²) in [5.41, 5.74) is 1.39. The van der Waals surface area contributed by atoms with Gasteiger partial charge in [0.2, 0.25) is 5.91 Å². The maximum atomic E-state index is 12.9. The Hall–Kier alpha value is -1.84. The maximum absolute atomic E-state index is 12.9. The Labute approximate surface area is 92.7 Å². The van der Waals surface area contributed by atoms with Gasteiger partial charge in [0.25, 0.3) is 0 Å². The number of anilines is 1. The van der Waals surface area contributed by atoms with E-state index in [1.54, 1.807) is 12.3 Å². The van der Waals surface area contributed by atoms with Crippen LogP contribution in [0.2, 0.25) is 0 Å². The van der Waals surface area contributed by atoms with Gasteiger partial charge in [-0.1, -0.05) is 6.92 Å². The Morgan fingerprint density at radius 1 is 1.50 bits per heavy atom. The molecule has 2 N–H and O–H groups in total. The summed E-state index contributed by atoms with van der Waals surface area (Å²) >= 11 is 0. The van der Waals surface area contributed by atoms with Crippen LogP contribution >= 0.6 is 0 Å². The van der Waals surface area contributed by atoms with Crippen molar-refractivity contribution in [2.75, 3.05) is 5.32 Å². The Balaban J connectivity index is 2.28. The third-order valence-electron chi connectivity index (χ3n) is 2.39. The summed E-state index contributed by atoms with van der Waals surface area (Å²) in [6.07, 6.45) is 2.98. The van der Waals surface area contributed by atoms with Crippen molar-refractivity contribution in [3.63, 3.8) is 0 Å². The van der Waals surface area contributed by atoms with E-state index >= 15 is 0 Å². The molecule has 0 aliphatic carbocycles. The summed E-state index contributed by atoms with van der Waals surface area (Å²) in [6.45, 7) is 1.95. The van der Waals surface area contributed by atoms with Gasteiger partial charge in [-0.05, 0) is 24.6 Å². The minimum Gasteiger partial charge on any atom is -0.359 e. The molecule has 0 fully saturated rings. The van der Waals surface area contributed by atoms with Crippen LogP contribution in [-0.2, 0) is 4.79 Å². The number of halogens is 1. The molecule has 1 heterocycles. The van der Waals surface area contributed by atoms with Crippen molar-refractivity contribution >= 4 is 22.5 Å². The van der Waals surface area contributed by atoms with Crippen LogP contribution in [0.15, 0.2) is 24.4 Å². The average molecular weight is 220 g/mol. The van der Waals surface area contributed by atoms with Crippen LogP contribution < -0.4 is 5.32 Å². The summed E-state index contributed by atoms with van der Waals surface area (Å²) in [6, 6.07) is 4.44. The molecule has 0 atom stereocenters. The van der Waals surface area contributed by atoms with Gasteiger partial charge in [0.1, 0.15) is 5.82 Å². The molecule has 1 aromatic carbocycles. The standard InChI is InChI=1S/C12H13FN2O/c1-2-3-12(16)15-11-7-14-10-6-8(13)4-5-9(10)11/h4-7,14H,2-3H2,1H3,(H,15,16). The highest BCUT2D eigenvalue weighted by molar-refractivity contribution is 6.01. The van der Waals surface area contributed by atoms with Crippen molar-refractivity contribution in [3.8, 4) is 0 Å². The molecular weight excluding hydrogens is 207 g/mol. The lowest BCUT2D eigenvalue weighted by Crippen LogP contribution is -2.09. The lowest BCUT2D eigenvalue weighted by Gasteiger charge is -2.01. The number of carbonyl (C=O) groups is 1. The number of nitrogens with one attached hydrogen (secondary N) is 2. The number of rotatable bonds is 3. The Morgan fingerprint density at radius 2 is 2.31 bits per heavy atom. The molecule has 0 aliphatic rings. The van der Waals surface area contributed by atoms with Crippen LogP contribution in [0.3, 0.4) is 0 Å². The highest BCUT2D eigenvalue weighted by Crippen LogP contribution is 2.23. The predicted octanol–water partition coefficient (Wildman–Crippen LogP) is 3.05. The van der Waals surface area contributed by atoms with Gasteiger partial charge in [-0.25, -0.2) is 4.39 Å². The minimum atomic E-state index is -0.291. The summed E-state index contributed by atoms with van der Waals surface area (Å²) in [4.78, 5) is 14.3. The topological polar surface area (TPSA) is 44.9 Å². The second-order valence-corrected chi connectivity index (χ2v) is 3.69. The zero-order valence-corrected chi connectivity index (χ0v) is 9.01. The Kier molecular flexibility index (Phi) is 2.90. The molecule has 0 spiro atoms. The van der Waals surface area contributed by atoms with Crippen LogP contribution in [0.5, 0.6) is 0 Å². The molecule has 0 aliphatic heterocycles. The van der Waals surface area contributed by atoms with E-state index in [2.05, 4.69) is 10.3 Å². The van der Waals surface area contributed by atoms with E-state index < -0.39 is 0 Å². The number of aromatic nitrogens is 1. The van der Waals surface area contributed by atoms with Crippen LogP contribution in [0.25, 0.3) is 10.9 Å². The molecule has 0 saturated carbocycles. The van der Waals surface area contributed by atoms with Crippen LogP contribution in [0.1, 0.15) is 19.8 Å². The van der Waals surface area contributed by atoms with Crippen LogP contribution in [-0.4, -0.2) is 10.9 Å². The first kappa shape index (κ1) is 10.7. The molecule has 4 heteroatoms. The summed E-state index contributed by atoms with van der Waals surface area (Å²) in [7, 11) is 0. The monoisotopic (exact) mass is 220 g/mol. The van der Waals surface area contributed by atoms with Gasteiger partial charge >= 0.3 is 0 Å². The van der Waals surface area contributed by atoms with E-state index in [9.17, 15) is 9.18 Å². The lowest BCUT2D eigenvalue weighted by molar-refractivity contribution is -0.116. The first-order valence-corrected chi connectivity index (χ1v) is 5.27. The van der Waals surface area contributed by atoms with Crippen LogP contribution in [0, 0.1) is 5.82 Å². The zero-order chi connectivity index (χ0) is 11.5. The lowest BCUT2D eigenvalue weighted by atomic mass is 10.2. The van der Waals surface area contributed by atoms with Crippen molar-refractivity contribution in [1.29, 1.82) is 0 Å². The van der Waals surface area contributed by atoms with E-state index in [-0.39, 0.29) is 11.7 Å². The first-order valence-electron chi connectivity index (χ1n) is 5.27. The highest BCUT2D eigenvalue weighted by Gasteiger charge is 2.07. The third-order valence-corrected chi connectivity index (χ3v) is 2.39. The molecule has 16 heavy (non-hydrogen) atoms. The number of hydrogen-bond acceptors (Lipinski definition) is 1. The fourth-order valence-electron chi connectivity index (χ4n) is 1.64. The summed E-state index contributed by atoms with van der Waals surface area (Å²) < 4.78 is 12.9. The van der Waals surface area contributed by atoms with Crippen molar-refractivity contribution < 1.29 is 9.18 Å². The highest BCUT2D eigenvalue weighted by atomic mass is 19.1. The first-order chi connectivity index (χ1) is 7.70.